The molecule has 2 aromatic carbocycles. The summed E-state index contributed by atoms with van der Waals surface area (Å²) in [7, 11) is 0. The summed E-state index contributed by atoms with van der Waals surface area (Å²) < 4.78 is 0. The van der Waals surface area contributed by atoms with Gasteiger partial charge in [0.1, 0.15) is 10.0 Å². The molecule has 112 valence electrons. The molecule has 1 aromatic heterocycles. The Morgan fingerprint density at radius 3 is 2.22 bits per heavy atom. The van der Waals surface area contributed by atoms with Gasteiger partial charge in [0, 0.05) is 5.56 Å². The highest BCUT2D eigenvalue weighted by Gasteiger charge is 2.36. The van der Waals surface area contributed by atoms with Gasteiger partial charge in [-0.05, 0) is 31.2 Å². The van der Waals surface area contributed by atoms with Crippen LogP contribution in [0.3, 0.4) is 0 Å². The van der Waals surface area contributed by atoms with Gasteiger partial charge < -0.3 is 0 Å². The normalized spacial score (nSPS) is 13.5. The van der Waals surface area contributed by atoms with Gasteiger partial charge in [-0.1, -0.05) is 35.6 Å². The summed E-state index contributed by atoms with van der Waals surface area (Å²) in [6, 6.07) is 14.1. The third kappa shape index (κ3) is 2.15. The molecule has 6 heteroatoms. The molecular weight excluding hydrogens is 310 g/mol. The third-order valence-corrected chi connectivity index (χ3v) is 4.56. The van der Waals surface area contributed by atoms with Gasteiger partial charge in [0.25, 0.3) is 11.8 Å². The molecule has 0 radical (unpaired) electrons. The Balaban J connectivity index is 1.78. The minimum atomic E-state index is -0.295. The van der Waals surface area contributed by atoms with Crippen molar-refractivity contribution in [3.8, 4) is 10.6 Å². The Morgan fingerprint density at radius 2 is 1.61 bits per heavy atom. The Labute approximate surface area is 136 Å². The summed E-state index contributed by atoms with van der Waals surface area (Å²) in [6.45, 7) is 1.88. The van der Waals surface area contributed by atoms with E-state index >= 15 is 0 Å². The van der Waals surface area contributed by atoms with Crippen molar-refractivity contribution < 1.29 is 9.59 Å². The number of carbonyl (C=O) groups excluding carboxylic acids is 2. The monoisotopic (exact) mass is 321 g/mol. The van der Waals surface area contributed by atoms with E-state index in [4.69, 9.17) is 0 Å². The van der Waals surface area contributed by atoms with Gasteiger partial charge >= 0.3 is 0 Å². The van der Waals surface area contributed by atoms with E-state index in [0.29, 0.717) is 16.8 Å². The number of amides is 2. The maximum absolute atomic E-state index is 12.5. The molecule has 1 aliphatic rings. The lowest BCUT2D eigenvalue weighted by atomic mass is 10.1. The molecule has 0 spiro atoms. The summed E-state index contributed by atoms with van der Waals surface area (Å²) in [5.41, 5.74) is 2.26. The lowest BCUT2D eigenvalue weighted by molar-refractivity contribution is 0.0926. The van der Waals surface area contributed by atoms with Gasteiger partial charge in [0.2, 0.25) is 0 Å². The maximum atomic E-state index is 12.5. The minimum absolute atomic E-state index is 0.295. The largest absolute Gasteiger partial charge is 0.268 e. The standard InChI is InChI=1S/C17H11N3O2S/c1-10-18-19-15(23-10)11-5-4-6-12(9-11)20-16(21)13-7-2-3-8-14(13)17(20)22/h2-9H,1H3. The number of benzene rings is 2. The second-order valence-corrected chi connectivity index (χ2v) is 6.35. The number of imide groups is 1. The third-order valence-electron chi connectivity index (χ3n) is 3.67. The van der Waals surface area contributed by atoms with Gasteiger partial charge in [0.15, 0.2) is 0 Å². The van der Waals surface area contributed by atoms with E-state index < -0.39 is 0 Å². The number of fused-ring (bicyclic) bond motifs is 1. The minimum Gasteiger partial charge on any atom is -0.268 e. The van der Waals surface area contributed by atoms with Crippen LogP contribution in [0.25, 0.3) is 10.6 Å². The molecule has 0 atom stereocenters. The number of carbonyl (C=O) groups is 2. The second kappa shape index (κ2) is 5.10. The van der Waals surface area contributed by atoms with Crippen molar-refractivity contribution in [2.24, 2.45) is 0 Å². The first-order chi connectivity index (χ1) is 11.1. The van der Waals surface area contributed by atoms with Crippen LogP contribution in [0.1, 0.15) is 25.7 Å². The Bertz CT molecular complexity index is 913. The fourth-order valence-corrected chi connectivity index (χ4v) is 3.30. The lowest BCUT2D eigenvalue weighted by Crippen LogP contribution is -2.29. The first kappa shape index (κ1) is 13.8. The van der Waals surface area contributed by atoms with Crippen LogP contribution < -0.4 is 4.90 Å². The zero-order valence-corrected chi connectivity index (χ0v) is 13.0. The van der Waals surface area contributed by atoms with Crippen LogP contribution in [0.2, 0.25) is 0 Å². The van der Waals surface area contributed by atoms with Gasteiger partial charge in [-0.25, -0.2) is 4.90 Å². The first-order valence-corrected chi connectivity index (χ1v) is 7.85. The van der Waals surface area contributed by atoms with Crippen LogP contribution in [0.4, 0.5) is 5.69 Å². The van der Waals surface area contributed by atoms with E-state index in [1.807, 2.05) is 19.1 Å². The lowest BCUT2D eigenvalue weighted by Gasteiger charge is -2.14. The number of aryl methyl sites for hydroxylation is 1. The molecule has 4 rings (SSSR count). The van der Waals surface area contributed by atoms with Crippen LogP contribution in [0.15, 0.2) is 48.5 Å². The smallest absolute Gasteiger partial charge is 0.266 e. The average Bonchev–Trinajstić information content (AvgIpc) is 3.11. The van der Waals surface area contributed by atoms with E-state index in [2.05, 4.69) is 10.2 Å². The van der Waals surface area contributed by atoms with Crippen LogP contribution in [-0.2, 0) is 0 Å². The van der Waals surface area contributed by atoms with Gasteiger partial charge in [-0.2, -0.15) is 0 Å². The van der Waals surface area contributed by atoms with Gasteiger partial charge in [0.05, 0.1) is 16.8 Å². The van der Waals surface area contributed by atoms with E-state index in [0.717, 1.165) is 15.6 Å². The van der Waals surface area contributed by atoms with Gasteiger partial charge in [-0.15, -0.1) is 10.2 Å². The Kier molecular flexibility index (Phi) is 3.06. The zero-order valence-electron chi connectivity index (χ0n) is 12.2. The molecule has 0 N–H and O–H groups in total. The summed E-state index contributed by atoms with van der Waals surface area (Å²) in [5, 5.41) is 9.75. The topological polar surface area (TPSA) is 63.2 Å². The molecule has 1 aliphatic heterocycles. The molecule has 2 heterocycles. The number of aromatic nitrogens is 2. The van der Waals surface area contributed by atoms with Crippen LogP contribution >= 0.6 is 11.3 Å². The molecule has 2 amide bonds. The molecule has 3 aromatic rings. The second-order valence-electron chi connectivity index (χ2n) is 5.17. The predicted octanol–water partition coefficient (Wildman–Crippen LogP) is 3.31. The van der Waals surface area contributed by atoms with Crippen molar-refractivity contribution in [2.75, 3.05) is 4.90 Å². The Hall–Kier alpha value is -2.86. The van der Waals surface area contributed by atoms with Crippen LogP contribution in [0, 0.1) is 6.92 Å². The fraction of sp³-hybridized carbons (Fsp3) is 0.0588. The molecule has 0 fully saturated rings. The molecule has 0 bridgehead atoms. The number of anilines is 1. The fourth-order valence-electron chi connectivity index (χ4n) is 2.61. The average molecular weight is 321 g/mol. The van der Waals surface area contributed by atoms with Crippen LogP contribution in [0.5, 0.6) is 0 Å². The molecule has 0 saturated heterocycles. The maximum Gasteiger partial charge on any atom is 0.266 e. The highest BCUT2D eigenvalue weighted by molar-refractivity contribution is 7.14. The quantitative estimate of drug-likeness (QED) is 0.679. The Morgan fingerprint density at radius 1 is 0.913 bits per heavy atom. The van der Waals surface area contributed by atoms with E-state index in [1.165, 1.54) is 16.2 Å². The van der Waals surface area contributed by atoms with E-state index in [1.54, 1.807) is 36.4 Å². The van der Waals surface area contributed by atoms with Crippen molar-refractivity contribution in [2.45, 2.75) is 6.92 Å². The summed E-state index contributed by atoms with van der Waals surface area (Å²) in [6.07, 6.45) is 0. The predicted molar refractivity (Wildman–Crippen MR) is 87.7 cm³/mol. The summed E-state index contributed by atoms with van der Waals surface area (Å²) in [5.74, 6) is -0.590. The number of hydrogen-bond donors (Lipinski definition) is 0. The molecule has 23 heavy (non-hydrogen) atoms. The van der Waals surface area contributed by atoms with Crippen molar-refractivity contribution in [3.05, 3.63) is 64.7 Å². The van der Waals surface area contributed by atoms with Crippen molar-refractivity contribution in [3.63, 3.8) is 0 Å². The molecular formula is C17H11N3O2S. The van der Waals surface area contributed by atoms with Crippen molar-refractivity contribution in [1.82, 2.24) is 10.2 Å². The van der Waals surface area contributed by atoms with E-state index in [9.17, 15) is 9.59 Å². The van der Waals surface area contributed by atoms with Crippen molar-refractivity contribution >= 4 is 28.8 Å². The SMILES string of the molecule is Cc1nnc(-c2cccc(N3C(=O)c4ccccc4C3=O)c2)s1. The number of rotatable bonds is 2. The molecule has 0 saturated carbocycles. The highest BCUT2D eigenvalue weighted by Crippen LogP contribution is 2.31. The summed E-state index contributed by atoms with van der Waals surface area (Å²) in [4.78, 5) is 26.3. The number of hydrogen-bond acceptors (Lipinski definition) is 5. The van der Waals surface area contributed by atoms with Crippen molar-refractivity contribution in [1.29, 1.82) is 0 Å². The molecule has 0 aliphatic carbocycles. The molecule has 5 nitrogen and oxygen atoms in total. The highest BCUT2D eigenvalue weighted by atomic mass is 32.1. The molecule has 0 unspecified atom stereocenters. The summed E-state index contributed by atoms with van der Waals surface area (Å²) >= 11 is 1.47. The zero-order chi connectivity index (χ0) is 16.0. The van der Waals surface area contributed by atoms with Crippen LogP contribution in [-0.4, -0.2) is 22.0 Å². The number of nitrogens with zero attached hydrogens (tertiary/aromatic N) is 3. The van der Waals surface area contributed by atoms with Gasteiger partial charge in [-0.3, -0.25) is 9.59 Å². The first-order valence-electron chi connectivity index (χ1n) is 7.03. The van der Waals surface area contributed by atoms with E-state index in [-0.39, 0.29) is 11.8 Å².